The summed E-state index contributed by atoms with van der Waals surface area (Å²) in [5.41, 5.74) is 1.14. The number of carbonyl (C=O) groups is 1. The van der Waals surface area contributed by atoms with Crippen molar-refractivity contribution < 1.29 is 9.53 Å². The number of piperidine rings is 1. The molecule has 4 heterocycles. The highest BCUT2D eigenvalue weighted by atomic mass is 16.5. The zero-order valence-electron chi connectivity index (χ0n) is 20.9. The Labute approximate surface area is 215 Å². The molecule has 10 nitrogen and oxygen atoms in total. The van der Waals surface area contributed by atoms with Gasteiger partial charge >= 0.3 is 0 Å². The molecule has 1 aromatic carbocycles. The van der Waals surface area contributed by atoms with E-state index in [1.54, 1.807) is 48.8 Å². The second-order valence-corrected chi connectivity index (χ2v) is 9.14. The molecule has 0 aliphatic carbocycles. The van der Waals surface area contributed by atoms with Gasteiger partial charge in [0, 0.05) is 57.3 Å². The lowest BCUT2D eigenvalue weighted by atomic mass is 10.1. The van der Waals surface area contributed by atoms with Gasteiger partial charge in [0.1, 0.15) is 22.7 Å². The number of anilines is 2. The minimum atomic E-state index is -0.239. The Morgan fingerprint density at radius 1 is 1.14 bits per heavy atom. The molecule has 0 spiro atoms. The van der Waals surface area contributed by atoms with Gasteiger partial charge in [-0.25, -0.2) is 9.97 Å². The molecule has 5 rings (SSSR count). The summed E-state index contributed by atoms with van der Waals surface area (Å²) < 4.78 is 6.21. The minimum absolute atomic E-state index is 0.210. The van der Waals surface area contributed by atoms with Crippen molar-refractivity contribution in [3.05, 3.63) is 78.9 Å². The predicted octanol–water partition coefficient (Wildman–Crippen LogP) is 4.31. The Morgan fingerprint density at radius 2 is 1.97 bits per heavy atom. The molecule has 3 N–H and O–H groups in total. The second-order valence-electron chi connectivity index (χ2n) is 9.14. The Kier molecular flexibility index (Phi) is 6.89. The SMILES string of the molecule is C=C(N(C)C)N1CCCC(Nc2n[nH]c3nccc(Oc4ccc(C(=O)Nc5ccccn5)cc4)c23)C1. The molecule has 1 atom stereocenters. The molecule has 37 heavy (non-hydrogen) atoms. The van der Waals surface area contributed by atoms with Crippen LogP contribution in [-0.4, -0.2) is 69.1 Å². The predicted molar refractivity (Wildman–Crippen MR) is 144 cm³/mol. The number of aromatic amines is 1. The van der Waals surface area contributed by atoms with Crippen molar-refractivity contribution in [3.8, 4) is 11.5 Å². The fourth-order valence-corrected chi connectivity index (χ4v) is 4.34. The van der Waals surface area contributed by atoms with E-state index in [2.05, 4.69) is 42.3 Å². The molecule has 3 aromatic heterocycles. The number of nitrogens with one attached hydrogen (secondary N) is 3. The molecule has 1 aliphatic rings. The molecule has 190 valence electrons. The summed E-state index contributed by atoms with van der Waals surface area (Å²) in [5, 5.41) is 14.6. The first-order valence-corrected chi connectivity index (χ1v) is 12.2. The summed E-state index contributed by atoms with van der Waals surface area (Å²) in [7, 11) is 4.02. The van der Waals surface area contributed by atoms with Gasteiger partial charge in [0.15, 0.2) is 11.5 Å². The van der Waals surface area contributed by atoms with Gasteiger partial charge in [-0.05, 0) is 49.2 Å². The number of benzene rings is 1. The van der Waals surface area contributed by atoms with E-state index >= 15 is 0 Å². The first-order chi connectivity index (χ1) is 18.0. The van der Waals surface area contributed by atoms with E-state index in [4.69, 9.17) is 4.74 Å². The maximum atomic E-state index is 12.5. The van der Waals surface area contributed by atoms with Crippen LogP contribution in [0, 0.1) is 0 Å². The molecule has 10 heteroatoms. The van der Waals surface area contributed by atoms with Crippen LogP contribution in [-0.2, 0) is 0 Å². The van der Waals surface area contributed by atoms with Crippen molar-refractivity contribution in [1.82, 2.24) is 30.0 Å². The second kappa shape index (κ2) is 10.6. The van der Waals surface area contributed by atoms with Crippen molar-refractivity contribution in [3.63, 3.8) is 0 Å². The third-order valence-corrected chi connectivity index (χ3v) is 6.32. The summed E-state index contributed by atoms with van der Waals surface area (Å²) in [6, 6.07) is 14.3. The number of carbonyl (C=O) groups excluding carboxylic acids is 1. The number of rotatable bonds is 8. The largest absolute Gasteiger partial charge is 0.456 e. The number of ether oxygens (including phenoxy) is 1. The summed E-state index contributed by atoms with van der Waals surface area (Å²) in [5.74, 6) is 3.18. The number of fused-ring (bicyclic) bond motifs is 1. The molecule has 4 aromatic rings. The number of hydrogen-bond acceptors (Lipinski definition) is 8. The van der Waals surface area contributed by atoms with Crippen LogP contribution in [0.25, 0.3) is 11.0 Å². The number of aromatic nitrogens is 4. The van der Waals surface area contributed by atoms with Gasteiger partial charge in [-0.1, -0.05) is 12.6 Å². The lowest BCUT2D eigenvalue weighted by molar-refractivity contribution is 0.102. The lowest BCUT2D eigenvalue weighted by Gasteiger charge is -2.38. The summed E-state index contributed by atoms with van der Waals surface area (Å²) in [4.78, 5) is 25.4. The van der Waals surface area contributed by atoms with Crippen LogP contribution in [0.15, 0.2) is 73.3 Å². The number of pyridine rings is 2. The quantitative estimate of drug-likeness (QED) is 0.330. The van der Waals surface area contributed by atoms with Crippen LogP contribution in [0.4, 0.5) is 11.6 Å². The minimum Gasteiger partial charge on any atom is -0.456 e. The molecule has 1 amide bonds. The maximum absolute atomic E-state index is 12.5. The standard InChI is InChI=1S/C27H30N8O2/c1-18(34(2)3)35-16-6-7-20(17-35)30-26-24-22(13-15-29-25(24)32-33-26)37-21-11-9-19(10-12-21)27(36)31-23-8-4-5-14-28-23/h4-5,8-15,20H,1,6-7,16-17H2,2-3H3,(H,28,31,36)(H2,29,30,32,33). The number of likely N-dealkylation sites (tertiary alicyclic amines) is 1. The third-order valence-electron chi connectivity index (χ3n) is 6.32. The molecule has 0 radical (unpaired) electrons. The van der Waals surface area contributed by atoms with Gasteiger partial charge in [-0.2, -0.15) is 5.10 Å². The number of H-pyrrole nitrogens is 1. The van der Waals surface area contributed by atoms with Gasteiger partial charge in [0.05, 0.1) is 5.82 Å². The van der Waals surface area contributed by atoms with Crippen LogP contribution in [0.5, 0.6) is 11.5 Å². The average Bonchev–Trinajstić information content (AvgIpc) is 3.33. The smallest absolute Gasteiger partial charge is 0.256 e. The molecule has 1 fully saturated rings. The Hall–Kier alpha value is -4.60. The zero-order chi connectivity index (χ0) is 25.8. The topological polar surface area (TPSA) is 111 Å². The van der Waals surface area contributed by atoms with Gasteiger partial charge in [-0.15, -0.1) is 0 Å². The normalized spacial score (nSPS) is 15.3. The van der Waals surface area contributed by atoms with Gasteiger partial charge in [0.25, 0.3) is 5.91 Å². The van der Waals surface area contributed by atoms with Crippen molar-refractivity contribution in [2.24, 2.45) is 0 Å². The molecule has 1 saturated heterocycles. The highest BCUT2D eigenvalue weighted by Gasteiger charge is 2.24. The van der Waals surface area contributed by atoms with Crippen LogP contribution in [0.2, 0.25) is 0 Å². The van der Waals surface area contributed by atoms with Crippen molar-refractivity contribution in [2.75, 3.05) is 37.8 Å². The Balaban J connectivity index is 1.30. The summed E-state index contributed by atoms with van der Waals surface area (Å²) in [6.45, 7) is 6.03. The van der Waals surface area contributed by atoms with Crippen LogP contribution in [0.1, 0.15) is 23.2 Å². The molecular formula is C27H30N8O2. The lowest BCUT2D eigenvalue weighted by Crippen LogP contribution is -2.44. The number of hydrogen-bond donors (Lipinski definition) is 3. The van der Waals surface area contributed by atoms with Crippen LogP contribution >= 0.6 is 0 Å². The van der Waals surface area contributed by atoms with E-state index in [9.17, 15) is 4.79 Å². The fourth-order valence-electron chi connectivity index (χ4n) is 4.34. The van der Waals surface area contributed by atoms with Crippen molar-refractivity contribution in [1.29, 1.82) is 0 Å². The average molecular weight is 499 g/mol. The first kappa shape index (κ1) is 24.1. The van der Waals surface area contributed by atoms with E-state index < -0.39 is 0 Å². The van der Waals surface area contributed by atoms with Crippen molar-refractivity contribution >= 4 is 28.6 Å². The Morgan fingerprint density at radius 3 is 2.73 bits per heavy atom. The third kappa shape index (κ3) is 5.48. The Bertz CT molecular complexity index is 1380. The van der Waals surface area contributed by atoms with E-state index in [0.29, 0.717) is 34.3 Å². The highest BCUT2D eigenvalue weighted by Crippen LogP contribution is 2.33. The fraction of sp³-hybridized carbons (Fsp3) is 0.259. The van der Waals surface area contributed by atoms with Gasteiger partial charge in [0.2, 0.25) is 0 Å². The monoisotopic (exact) mass is 498 g/mol. The van der Waals surface area contributed by atoms with Crippen LogP contribution < -0.4 is 15.4 Å². The van der Waals surface area contributed by atoms with Crippen LogP contribution in [0.3, 0.4) is 0 Å². The molecule has 0 saturated carbocycles. The van der Waals surface area contributed by atoms with E-state index in [1.165, 1.54) is 0 Å². The number of amides is 1. The summed E-state index contributed by atoms with van der Waals surface area (Å²) >= 11 is 0. The summed E-state index contributed by atoms with van der Waals surface area (Å²) in [6.07, 6.45) is 5.41. The zero-order valence-corrected chi connectivity index (χ0v) is 20.9. The van der Waals surface area contributed by atoms with E-state index in [-0.39, 0.29) is 11.9 Å². The van der Waals surface area contributed by atoms with Gasteiger partial charge in [-0.3, -0.25) is 9.89 Å². The van der Waals surface area contributed by atoms with Gasteiger partial charge < -0.3 is 25.2 Å². The van der Waals surface area contributed by atoms with E-state index in [1.807, 2.05) is 31.1 Å². The molecule has 1 unspecified atom stereocenters. The first-order valence-electron chi connectivity index (χ1n) is 12.2. The molecular weight excluding hydrogens is 468 g/mol. The van der Waals surface area contributed by atoms with Crippen molar-refractivity contribution in [2.45, 2.75) is 18.9 Å². The number of nitrogens with zero attached hydrogens (tertiary/aromatic N) is 5. The molecule has 0 bridgehead atoms. The maximum Gasteiger partial charge on any atom is 0.256 e. The highest BCUT2D eigenvalue weighted by molar-refractivity contribution is 6.03. The van der Waals surface area contributed by atoms with E-state index in [0.717, 1.165) is 37.1 Å². The molecule has 1 aliphatic heterocycles.